The van der Waals surface area contributed by atoms with E-state index in [-0.39, 0.29) is 0 Å². The summed E-state index contributed by atoms with van der Waals surface area (Å²) in [7, 11) is 0. The Morgan fingerprint density at radius 2 is 1.65 bits per heavy atom. The van der Waals surface area contributed by atoms with E-state index < -0.39 is 0 Å². The van der Waals surface area contributed by atoms with Gasteiger partial charge in [0.25, 0.3) is 0 Å². The molecular formula is C18H19NO. The molecule has 0 saturated heterocycles. The van der Waals surface area contributed by atoms with Crippen LogP contribution in [0.3, 0.4) is 0 Å². The van der Waals surface area contributed by atoms with Gasteiger partial charge < -0.3 is 9.64 Å². The van der Waals surface area contributed by atoms with Crippen molar-refractivity contribution in [2.24, 2.45) is 0 Å². The Balaban J connectivity index is 1.76. The first-order valence-electron chi connectivity index (χ1n) is 7.54. The Hall–Kier alpha value is -1.96. The van der Waals surface area contributed by atoms with Crippen LogP contribution in [0.4, 0.5) is 5.69 Å². The highest BCUT2D eigenvalue weighted by molar-refractivity contribution is 5.67. The average molecular weight is 265 g/mol. The fourth-order valence-corrected chi connectivity index (χ4v) is 3.46. The normalized spacial score (nSPS) is 16.7. The maximum atomic E-state index is 6.12. The van der Waals surface area contributed by atoms with Crippen LogP contribution in [0.2, 0.25) is 0 Å². The quantitative estimate of drug-likeness (QED) is 0.807. The summed E-state index contributed by atoms with van der Waals surface area (Å²) in [6, 6.07) is 14.5. The first-order valence-corrected chi connectivity index (χ1v) is 7.54. The van der Waals surface area contributed by atoms with Gasteiger partial charge >= 0.3 is 0 Å². The van der Waals surface area contributed by atoms with E-state index in [1.54, 1.807) is 0 Å². The third-order valence-electron chi connectivity index (χ3n) is 4.34. The minimum Gasteiger partial charge on any atom is -0.457 e. The van der Waals surface area contributed by atoms with E-state index >= 15 is 0 Å². The SMILES string of the molecule is c1ccc(Oc2ccc3c4c2CCCN4CCC3)cc1. The molecule has 4 rings (SSSR count). The van der Waals surface area contributed by atoms with Crippen molar-refractivity contribution in [3.05, 3.63) is 53.6 Å². The van der Waals surface area contributed by atoms with Crippen LogP contribution in [0.5, 0.6) is 11.5 Å². The number of nitrogens with zero attached hydrogens (tertiary/aromatic N) is 1. The Morgan fingerprint density at radius 3 is 2.50 bits per heavy atom. The third kappa shape index (κ3) is 1.96. The lowest BCUT2D eigenvalue weighted by Crippen LogP contribution is -2.34. The van der Waals surface area contributed by atoms with Crippen molar-refractivity contribution in [2.75, 3.05) is 18.0 Å². The van der Waals surface area contributed by atoms with Crippen LogP contribution >= 0.6 is 0 Å². The predicted molar refractivity (Wildman–Crippen MR) is 81.8 cm³/mol. The molecular weight excluding hydrogens is 246 g/mol. The summed E-state index contributed by atoms with van der Waals surface area (Å²) in [5.74, 6) is 1.97. The van der Waals surface area contributed by atoms with E-state index in [1.165, 1.54) is 49.2 Å². The summed E-state index contributed by atoms with van der Waals surface area (Å²) in [6.45, 7) is 2.41. The van der Waals surface area contributed by atoms with Crippen LogP contribution < -0.4 is 9.64 Å². The van der Waals surface area contributed by atoms with E-state index in [2.05, 4.69) is 17.0 Å². The Labute approximate surface area is 120 Å². The first-order chi connectivity index (χ1) is 9.92. The molecule has 0 fully saturated rings. The smallest absolute Gasteiger partial charge is 0.132 e. The number of ether oxygens (including phenoxy) is 1. The summed E-state index contributed by atoms with van der Waals surface area (Å²) in [5, 5.41) is 0. The third-order valence-corrected chi connectivity index (χ3v) is 4.34. The van der Waals surface area contributed by atoms with E-state index in [1.807, 2.05) is 30.3 Å². The molecule has 2 aliphatic heterocycles. The fourth-order valence-electron chi connectivity index (χ4n) is 3.46. The number of hydrogen-bond donors (Lipinski definition) is 0. The maximum absolute atomic E-state index is 6.12. The Kier molecular flexibility index (Phi) is 2.87. The number of hydrogen-bond acceptors (Lipinski definition) is 2. The van der Waals surface area contributed by atoms with Gasteiger partial charge in [-0.3, -0.25) is 0 Å². The van der Waals surface area contributed by atoms with Crippen molar-refractivity contribution in [3.8, 4) is 11.5 Å². The molecule has 0 radical (unpaired) electrons. The Morgan fingerprint density at radius 1 is 0.850 bits per heavy atom. The molecule has 0 atom stereocenters. The molecule has 102 valence electrons. The summed E-state index contributed by atoms with van der Waals surface area (Å²) < 4.78 is 6.12. The van der Waals surface area contributed by atoms with Gasteiger partial charge in [0.1, 0.15) is 11.5 Å². The molecule has 2 heterocycles. The van der Waals surface area contributed by atoms with Gasteiger partial charge in [-0.2, -0.15) is 0 Å². The highest BCUT2D eigenvalue weighted by Crippen LogP contribution is 2.41. The van der Waals surface area contributed by atoms with Gasteiger partial charge in [-0.1, -0.05) is 24.3 Å². The highest BCUT2D eigenvalue weighted by Gasteiger charge is 2.26. The molecule has 2 aromatic rings. The molecule has 0 aromatic heterocycles. The van der Waals surface area contributed by atoms with Crippen LogP contribution in [0, 0.1) is 0 Å². The van der Waals surface area contributed by atoms with Gasteiger partial charge in [0, 0.05) is 24.3 Å². The van der Waals surface area contributed by atoms with Gasteiger partial charge in [0.15, 0.2) is 0 Å². The standard InChI is InChI=1S/C18H19NO/c1-2-7-15(8-3-1)20-17-11-10-14-6-4-12-19-13-5-9-16(17)18(14)19/h1-3,7-8,10-11H,4-6,9,12-13H2. The molecule has 0 unspecified atom stereocenters. The lowest BCUT2D eigenvalue weighted by molar-refractivity contribution is 0.471. The van der Waals surface area contributed by atoms with Crippen LogP contribution in [-0.2, 0) is 12.8 Å². The summed E-state index contributed by atoms with van der Waals surface area (Å²) in [5.41, 5.74) is 4.39. The van der Waals surface area contributed by atoms with E-state index in [0.717, 1.165) is 17.9 Å². The zero-order chi connectivity index (χ0) is 13.4. The van der Waals surface area contributed by atoms with E-state index in [0.29, 0.717) is 0 Å². The number of benzene rings is 2. The second kappa shape index (κ2) is 4.86. The number of para-hydroxylation sites is 1. The molecule has 2 aromatic carbocycles. The lowest BCUT2D eigenvalue weighted by atomic mass is 9.91. The summed E-state index contributed by atoms with van der Waals surface area (Å²) >= 11 is 0. The largest absolute Gasteiger partial charge is 0.457 e. The van der Waals surface area contributed by atoms with Gasteiger partial charge in [-0.25, -0.2) is 0 Å². The van der Waals surface area contributed by atoms with E-state index in [9.17, 15) is 0 Å². The number of rotatable bonds is 2. The molecule has 0 aliphatic carbocycles. The zero-order valence-electron chi connectivity index (χ0n) is 11.6. The maximum Gasteiger partial charge on any atom is 0.132 e. The van der Waals surface area contributed by atoms with Crippen LogP contribution in [-0.4, -0.2) is 13.1 Å². The second-order valence-electron chi connectivity index (χ2n) is 5.66. The molecule has 0 bridgehead atoms. The topological polar surface area (TPSA) is 12.5 Å². The van der Waals surface area contributed by atoms with E-state index in [4.69, 9.17) is 4.74 Å². The predicted octanol–water partition coefficient (Wildman–Crippen LogP) is 4.18. The zero-order valence-corrected chi connectivity index (χ0v) is 11.6. The van der Waals surface area contributed by atoms with Crippen molar-refractivity contribution in [1.82, 2.24) is 0 Å². The van der Waals surface area contributed by atoms with Crippen LogP contribution in [0.15, 0.2) is 42.5 Å². The molecule has 0 saturated carbocycles. The van der Waals surface area contributed by atoms with Crippen molar-refractivity contribution >= 4 is 5.69 Å². The first kappa shape index (κ1) is 11.8. The van der Waals surface area contributed by atoms with Gasteiger partial charge in [0.05, 0.1) is 0 Å². The van der Waals surface area contributed by atoms with Gasteiger partial charge in [-0.15, -0.1) is 0 Å². The van der Waals surface area contributed by atoms with Crippen molar-refractivity contribution < 1.29 is 4.74 Å². The van der Waals surface area contributed by atoms with Crippen molar-refractivity contribution in [1.29, 1.82) is 0 Å². The second-order valence-corrected chi connectivity index (χ2v) is 5.66. The Bertz CT molecular complexity index is 619. The molecule has 0 N–H and O–H groups in total. The molecule has 2 aliphatic rings. The van der Waals surface area contributed by atoms with Gasteiger partial charge in [0.2, 0.25) is 0 Å². The van der Waals surface area contributed by atoms with Crippen LogP contribution in [0.25, 0.3) is 0 Å². The molecule has 2 heteroatoms. The molecule has 20 heavy (non-hydrogen) atoms. The monoisotopic (exact) mass is 265 g/mol. The average Bonchev–Trinajstić information content (AvgIpc) is 2.51. The van der Waals surface area contributed by atoms with Crippen LogP contribution in [0.1, 0.15) is 24.0 Å². The number of anilines is 1. The molecule has 0 spiro atoms. The van der Waals surface area contributed by atoms with Gasteiger partial charge in [-0.05, 0) is 49.4 Å². The molecule has 0 amide bonds. The summed E-state index contributed by atoms with van der Waals surface area (Å²) in [4.78, 5) is 2.55. The minimum atomic E-state index is 0.927. The lowest BCUT2D eigenvalue weighted by Gasteiger charge is -2.37. The minimum absolute atomic E-state index is 0.927. The fraction of sp³-hybridized carbons (Fsp3) is 0.333. The summed E-state index contributed by atoms with van der Waals surface area (Å²) in [6.07, 6.45) is 4.87. The van der Waals surface area contributed by atoms with Crippen molar-refractivity contribution in [2.45, 2.75) is 25.7 Å². The highest BCUT2D eigenvalue weighted by atomic mass is 16.5. The number of aryl methyl sites for hydroxylation is 1. The van der Waals surface area contributed by atoms with Crippen molar-refractivity contribution in [3.63, 3.8) is 0 Å². The molecule has 2 nitrogen and oxygen atoms in total.